The molecule has 0 spiro atoms. The number of hydrogen-bond donors (Lipinski definition) is 1. The fraction of sp³-hybridized carbons (Fsp3) is 0.200. The first kappa shape index (κ1) is 6.53. The van der Waals surface area contributed by atoms with Gasteiger partial charge in [-0.2, -0.15) is 15.3 Å². The highest BCUT2D eigenvalue weighted by molar-refractivity contribution is 7.98. The largest absolute Gasteiger partial charge is 0.229 e. The second-order valence-corrected chi connectivity index (χ2v) is 2.66. The van der Waals surface area contributed by atoms with E-state index < -0.39 is 0 Å². The van der Waals surface area contributed by atoms with Crippen molar-refractivity contribution in [2.45, 2.75) is 5.16 Å². The van der Waals surface area contributed by atoms with E-state index in [1.807, 2.05) is 6.26 Å². The first-order chi connectivity index (χ1) is 5.40. The second-order valence-electron chi connectivity index (χ2n) is 1.89. The molecular weight excluding hydrogens is 162 g/mol. The van der Waals surface area contributed by atoms with E-state index in [2.05, 4.69) is 25.4 Å². The van der Waals surface area contributed by atoms with E-state index in [9.17, 15) is 0 Å². The highest BCUT2D eigenvalue weighted by Crippen LogP contribution is 2.10. The van der Waals surface area contributed by atoms with Crippen molar-refractivity contribution in [1.29, 1.82) is 0 Å². The average Bonchev–Trinajstić information content (AvgIpc) is 2.50. The number of aromatic amines is 1. The molecule has 56 valence electrons. The smallest absolute Gasteiger partial charge is 0.205 e. The molecule has 0 saturated carbocycles. The fourth-order valence-corrected chi connectivity index (χ4v) is 1.07. The van der Waals surface area contributed by atoms with E-state index in [1.54, 1.807) is 6.20 Å². The molecule has 0 aromatic carbocycles. The van der Waals surface area contributed by atoms with Crippen molar-refractivity contribution >= 4 is 22.9 Å². The molecule has 0 saturated heterocycles. The van der Waals surface area contributed by atoms with E-state index in [0.717, 1.165) is 0 Å². The van der Waals surface area contributed by atoms with Gasteiger partial charge in [0.15, 0.2) is 5.16 Å². The molecule has 6 heteroatoms. The summed E-state index contributed by atoms with van der Waals surface area (Å²) >= 11 is 1.48. The van der Waals surface area contributed by atoms with Gasteiger partial charge in [0.1, 0.15) is 5.52 Å². The van der Waals surface area contributed by atoms with Crippen LogP contribution < -0.4 is 0 Å². The van der Waals surface area contributed by atoms with Crippen LogP contribution >= 0.6 is 11.8 Å². The third-order valence-electron chi connectivity index (χ3n) is 1.24. The van der Waals surface area contributed by atoms with E-state index in [4.69, 9.17) is 0 Å². The number of nitrogens with one attached hydrogen (secondary N) is 1. The van der Waals surface area contributed by atoms with Gasteiger partial charge in [-0.3, -0.25) is 0 Å². The van der Waals surface area contributed by atoms with Crippen LogP contribution in [0.2, 0.25) is 0 Å². The summed E-state index contributed by atoms with van der Waals surface area (Å²) in [5, 5.41) is 10.8. The molecule has 2 rings (SSSR count). The number of aromatic nitrogens is 5. The topological polar surface area (TPSA) is 67.3 Å². The minimum atomic E-state index is 0.615. The quantitative estimate of drug-likeness (QED) is 0.494. The van der Waals surface area contributed by atoms with Crippen molar-refractivity contribution in [3.63, 3.8) is 0 Å². The molecule has 0 aliphatic carbocycles. The van der Waals surface area contributed by atoms with E-state index in [-0.39, 0.29) is 0 Å². The van der Waals surface area contributed by atoms with Gasteiger partial charge in [0, 0.05) is 0 Å². The van der Waals surface area contributed by atoms with Crippen LogP contribution in [-0.2, 0) is 0 Å². The van der Waals surface area contributed by atoms with E-state index in [1.165, 1.54) is 11.8 Å². The number of hydrogen-bond acceptors (Lipinski definition) is 5. The first-order valence-corrected chi connectivity index (χ1v) is 4.20. The number of nitrogens with zero attached hydrogens (tertiary/aromatic N) is 4. The van der Waals surface area contributed by atoms with Crippen molar-refractivity contribution < 1.29 is 0 Å². The predicted molar refractivity (Wildman–Crippen MR) is 41.3 cm³/mol. The number of rotatable bonds is 1. The third-order valence-corrected chi connectivity index (χ3v) is 1.80. The van der Waals surface area contributed by atoms with E-state index >= 15 is 0 Å². The maximum atomic E-state index is 4.10. The minimum Gasteiger partial charge on any atom is -0.229 e. The Morgan fingerprint density at radius 1 is 1.45 bits per heavy atom. The molecule has 2 aromatic heterocycles. The Hall–Kier alpha value is -1.17. The Labute approximate surface area is 66.6 Å². The lowest BCUT2D eigenvalue weighted by molar-refractivity contribution is 0.947. The summed E-state index contributed by atoms with van der Waals surface area (Å²) in [7, 11) is 0. The summed E-state index contributed by atoms with van der Waals surface area (Å²) in [5.74, 6) is 0. The molecule has 5 nitrogen and oxygen atoms in total. The van der Waals surface area contributed by atoms with Gasteiger partial charge in [0.05, 0.1) is 6.20 Å². The first-order valence-electron chi connectivity index (χ1n) is 2.97. The summed E-state index contributed by atoms with van der Waals surface area (Å²) in [5.41, 5.74) is 1.31. The van der Waals surface area contributed by atoms with Crippen molar-refractivity contribution in [3.8, 4) is 0 Å². The predicted octanol–water partition coefficient (Wildman–Crippen LogP) is 0.470. The van der Waals surface area contributed by atoms with Gasteiger partial charge in [0.25, 0.3) is 0 Å². The molecule has 2 heterocycles. The van der Waals surface area contributed by atoms with Crippen molar-refractivity contribution in [2.24, 2.45) is 0 Å². The van der Waals surface area contributed by atoms with Crippen LogP contribution in [0.25, 0.3) is 11.2 Å². The Kier molecular flexibility index (Phi) is 1.46. The maximum Gasteiger partial charge on any atom is 0.205 e. The molecule has 0 aliphatic rings. The van der Waals surface area contributed by atoms with Crippen LogP contribution in [0.5, 0.6) is 0 Å². The van der Waals surface area contributed by atoms with Gasteiger partial charge in [-0.1, -0.05) is 11.8 Å². The highest BCUT2D eigenvalue weighted by atomic mass is 32.2. The van der Waals surface area contributed by atoms with Crippen LogP contribution in [-0.4, -0.2) is 31.6 Å². The Balaban J connectivity index is 2.67. The fourth-order valence-electron chi connectivity index (χ4n) is 0.737. The van der Waals surface area contributed by atoms with Gasteiger partial charge in [-0.25, -0.2) is 4.98 Å². The Bertz CT molecular complexity index is 370. The maximum absolute atomic E-state index is 4.10. The lowest BCUT2D eigenvalue weighted by atomic mass is 10.6. The van der Waals surface area contributed by atoms with E-state index in [0.29, 0.717) is 16.3 Å². The van der Waals surface area contributed by atoms with Gasteiger partial charge >= 0.3 is 0 Å². The summed E-state index contributed by atoms with van der Waals surface area (Å²) < 4.78 is 0. The zero-order valence-corrected chi connectivity index (χ0v) is 6.59. The Morgan fingerprint density at radius 2 is 2.36 bits per heavy atom. The Morgan fingerprint density at radius 3 is 3.18 bits per heavy atom. The molecule has 0 atom stereocenters. The summed E-state index contributed by atoms with van der Waals surface area (Å²) in [6.45, 7) is 0. The molecule has 0 unspecified atom stereocenters. The SMILES string of the molecule is CSc1ncc2n[nH]nc2n1. The number of H-pyrrole nitrogens is 1. The van der Waals surface area contributed by atoms with Crippen LogP contribution in [0.3, 0.4) is 0 Å². The van der Waals surface area contributed by atoms with Crippen molar-refractivity contribution in [1.82, 2.24) is 25.4 Å². The molecule has 0 amide bonds. The van der Waals surface area contributed by atoms with Gasteiger partial charge in [0.2, 0.25) is 5.65 Å². The van der Waals surface area contributed by atoms with Crippen LogP contribution in [0.1, 0.15) is 0 Å². The summed E-state index contributed by atoms with van der Waals surface area (Å²) in [6.07, 6.45) is 3.57. The molecule has 0 aliphatic heterocycles. The molecule has 2 aromatic rings. The average molecular weight is 167 g/mol. The van der Waals surface area contributed by atoms with Crippen LogP contribution in [0.15, 0.2) is 11.4 Å². The molecular formula is C5H5N5S. The van der Waals surface area contributed by atoms with Gasteiger partial charge < -0.3 is 0 Å². The standard InChI is InChI=1S/C5H5N5S/c1-11-5-6-2-3-4(7-5)9-10-8-3/h2H,1H3,(H,6,7,8,9,10). The van der Waals surface area contributed by atoms with Crippen LogP contribution in [0.4, 0.5) is 0 Å². The summed E-state index contributed by atoms with van der Waals surface area (Å²) in [4.78, 5) is 8.13. The number of thioether (sulfide) groups is 1. The summed E-state index contributed by atoms with van der Waals surface area (Å²) in [6, 6.07) is 0. The molecule has 0 bridgehead atoms. The third kappa shape index (κ3) is 1.05. The lowest BCUT2D eigenvalue weighted by Crippen LogP contribution is -1.84. The lowest BCUT2D eigenvalue weighted by Gasteiger charge is -1.89. The van der Waals surface area contributed by atoms with Gasteiger partial charge in [-0.15, -0.1) is 5.10 Å². The molecule has 0 radical (unpaired) electrons. The molecule has 1 N–H and O–H groups in total. The minimum absolute atomic E-state index is 0.615. The zero-order chi connectivity index (χ0) is 7.68. The van der Waals surface area contributed by atoms with Crippen molar-refractivity contribution in [2.75, 3.05) is 6.26 Å². The molecule has 0 fully saturated rings. The molecule has 11 heavy (non-hydrogen) atoms. The van der Waals surface area contributed by atoms with Crippen LogP contribution in [0, 0.1) is 0 Å². The monoisotopic (exact) mass is 167 g/mol. The number of fused-ring (bicyclic) bond motifs is 1. The van der Waals surface area contributed by atoms with Gasteiger partial charge in [-0.05, 0) is 6.26 Å². The highest BCUT2D eigenvalue weighted by Gasteiger charge is 2.00. The normalized spacial score (nSPS) is 10.6. The zero-order valence-electron chi connectivity index (χ0n) is 5.77. The van der Waals surface area contributed by atoms with Crippen molar-refractivity contribution in [3.05, 3.63) is 6.20 Å². The second kappa shape index (κ2) is 2.46.